The minimum atomic E-state index is 0.735. The van der Waals surface area contributed by atoms with E-state index in [1.54, 1.807) is 0 Å². The molecule has 0 spiro atoms. The Balaban J connectivity index is 1.64. The summed E-state index contributed by atoms with van der Waals surface area (Å²) in [6, 6.07) is 29.8. The number of benzene rings is 4. The van der Waals surface area contributed by atoms with Crippen LogP contribution in [0.4, 0.5) is 11.6 Å². The number of anilines is 2. The lowest BCUT2D eigenvalue weighted by molar-refractivity contribution is 0.841. The average Bonchev–Trinajstić information content (AvgIpc) is 3.11. The summed E-state index contributed by atoms with van der Waals surface area (Å²) in [6.07, 6.45) is 0. The van der Waals surface area contributed by atoms with Gasteiger partial charge >= 0.3 is 0 Å². The molecule has 0 atom stereocenters. The minimum absolute atomic E-state index is 0.735. The van der Waals surface area contributed by atoms with Crippen molar-refractivity contribution in [2.24, 2.45) is 0 Å². The van der Waals surface area contributed by atoms with Crippen LogP contribution in [-0.2, 0) is 6.54 Å². The number of aromatic nitrogens is 2. The number of imidazole rings is 1. The molecule has 1 aromatic heterocycles. The SMILES string of the molecule is C=C(C)c1ccc2c(c1)nc(Nc1ccc(C)cc1)n2Cc1cccc2ccccc12. The topological polar surface area (TPSA) is 29.9 Å². The summed E-state index contributed by atoms with van der Waals surface area (Å²) in [5, 5.41) is 6.06. The highest BCUT2D eigenvalue weighted by atomic mass is 15.2. The molecule has 0 amide bonds. The lowest BCUT2D eigenvalue weighted by Gasteiger charge is -2.13. The summed E-state index contributed by atoms with van der Waals surface area (Å²) in [5.41, 5.74) is 7.76. The summed E-state index contributed by atoms with van der Waals surface area (Å²) >= 11 is 0. The van der Waals surface area contributed by atoms with E-state index in [2.05, 4.69) is 108 Å². The highest BCUT2D eigenvalue weighted by molar-refractivity contribution is 5.87. The van der Waals surface area contributed by atoms with Crippen molar-refractivity contribution in [2.45, 2.75) is 20.4 Å². The van der Waals surface area contributed by atoms with Gasteiger partial charge in [-0.25, -0.2) is 4.98 Å². The molecule has 0 saturated heterocycles. The van der Waals surface area contributed by atoms with E-state index in [1.807, 2.05) is 6.92 Å². The van der Waals surface area contributed by atoms with Crippen molar-refractivity contribution in [1.29, 1.82) is 0 Å². The Bertz CT molecular complexity index is 1400. The van der Waals surface area contributed by atoms with Gasteiger partial charge in [-0.05, 0) is 60.0 Å². The molecule has 152 valence electrons. The summed E-state index contributed by atoms with van der Waals surface area (Å²) in [4.78, 5) is 4.96. The lowest BCUT2D eigenvalue weighted by Crippen LogP contribution is -2.05. The van der Waals surface area contributed by atoms with Crippen molar-refractivity contribution in [1.82, 2.24) is 9.55 Å². The van der Waals surface area contributed by atoms with E-state index in [-0.39, 0.29) is 0 Å². The van der Waals surface area contributed by atoms with Crippen LogP contribution in [0, 0.1) is 6.92 Å². The molecule has 4 aromatic carbocycles. The van der Waals surface area contributed by atoms with E-state index in [4.69, 9.17) is 4.98 Å². The van der Waals surface area contributed by atoms with Gasteiger partial charge in [0.25, 0.3) is 0 Å². The van der Waals surface area contributed by atoms with Crippen LogP contribution in [0.3, 0.4) is 0 Å². The first-order valence-electron chi connectivity index (χ1n) is 10.5. The van der Waals surface area contributed by atoms with Crippen molar-refractivity contribution < 1.29 is 0 Å². The molecule has 0 bridgehead atoms. The van der Waals surface area contributed by atoms with Gasteiger partial charge in [0.1, 0.15) is 0 Å². The Morgan fingerprint density at radius 1 is 0.935 bits per heavy atom. The summed E-state index contributed by atoms with van der Waals surface area (Å²) in [7, 11) is 0. The van der Waals surface area contributed by atoms with Crippen LogP contribution in [-0.4, -0.2) is 9.55 Å². The fourth-order valence-electron chi connectivity index (χ4n) is 4.02. The molecule has 1 N–H and O–H groups in total. The van der Waals surface area contributed by atoms with Gasteiger partial charge in [0.2, 0.25) is 5.95 Å². The zero-order valence-electron chi connectivity index (χ0n) is 17.9. The molecular weight excluding hydrogens is 378 g/mol. The summed E-state index contributed by atoms with van der Waals surface area (Å²) in [5.74, 6) is 0.839. The molecule has 0 aliphatic carbocycles. The van der Waals surface area contributed by atoms with Crippen molar-refractivity contribution in [3.8, 4) is 0 Å². The molecular formula is C28H25N3. The number of fused-ring (bicyclic) bond motifs is 2. The van der Waals surface area contributed by atoms with Gasteiger partial charge in [0, 0.05) is 5.69 Å². The van der Waals surface area contributed by atoms with Crippen molar-refractivity contribution in [3.63, 3.8) is 0 Å². The Morgan fingerprint density at radius 2 is 1.71 bits per heavy atom. The third-order valence-electron chi connectivity index (χ3n) is 5.76. The van der Waals surface area contributed by atoms with Gasteiger partial charge < -0.3 is 9.88 Å². The molecule has 31 heavy (non-hydrogen) atoms. The first-order chi connectivity index (χ1) is 15.1. The second-order valence-corrected chi connectivity index (χ2v) is 8.13. The van der Waals surface area contributed by atoms with Crippen LogP contribution < -0.4 is 5.32 Å². The minimum Gasteiger partial charge on any atom is -0.326 e. The van der Waals surface area contributed by atoms with Gasteiger partial charge in [0.05, 0.1) is 17.6 Å². The van der Waals surface area contributed by atoms with E-state index >= 15 is 0 Å². The number of allylic oxidation sites excluding steroid dienone is 1. The predicted molar refractivity (Wildman–Crippen MR) is 132 cm³/mol. The van der Waals surface area contributed by atoms with Gasteiger partial charge in [0.15, 0.2) is 0 Å². The van der Waals surface area contributed by atoms with Crippen LogP contribution in [0.1, 0.15) is 23.6 Å². The molecule has 0 fully saturated rings. The third-order valence-corrected chi connectivity index (χ3v) is 5.76. The van der Waals surface area contributed by atoms with E-state index in [0.717, 1.165) is 40.4 Å². The number of aryl methyl sites for hydroxylation is 1. The van der Waals surface area contributed by atoms with Crippen LogP contribution in [0.5, 0.6) is 0 Å². The maximum Gasteiger partial charge on any atom is 0.208 e. The van der Waals surface area contributed by atoms with Crippen LogP contribution in [0.25, 0.3) is 27.4 Å². The molecule has 0 saturated carbocycles. The fourth-order valence-corrected chi connectivity index (χ4v) is 4.02. The quantitative estimate of drug-likeness (QED) is 0.333. The van der Waals surface area contributed by atoms with Crippen molar-refractivity contribution in [2.75, 3.05) is 5.32 Å². The van der Waals surface area contributed by atoms with Gasteiger partial charge in [-0.1, -0.05) is 78.4 Å². The van der Waals surface area contributed by atoms with Crippen LogP contribution >= 0.6 is 0 Å². The molecule has 0 aliphatic rings. The zero-order valence-corrected chi connectivity index (χ0v) is 17.9. The monoisotopic (exact) mass is 403 g/mol. The van der Waals surface area contributed by atoms with Gasteiger partial charge in [-0.3, -0.25) is 0 Å². The first kappa shape index (κ1) is 19.1. The molecule has 5 aromatic rings. The Morgan fingerprint density at radius 3 is 2.52 bits per heavy atom. The normalized spacial score (nSPS) is 11.2. The Labute approximate surface area is 182 Å². The molecule has 0 radical (unpaired) electrons. The largest absolute Gasteiger partial charge is 0.326 e. The third kappa shape index (κ3) is 3.71. The first-order valence-corrected chi connectivity index (χ1v) is 10.5. The second kappa shape index (κ2) is 7.77. The van der Waals surface area contributed by atoms with Crippen LogP contribution in [0.15, 0.2) is 91.5 Å². The smallest absolute Gasteiger partial charge is 0.208 e. The molecule has 1 heterocycles. The number of nitrogens with one attached hydrogen (secondary N) is 1. The fraction of sp³-hybridized carbons (Fsp3) is 0.107. The Kier molecular flexibility index (Phi) is 4.79. The summed E-state index contributed by atoms with van der Waals surface area (Å²) < 4.78 is 2.26. The lowest BCUT2D eigenvalue weighted by atomic mass is 10.0. The standard InChI is InChI=1S/C28H25N3/c1-19(2)22-13-16-27-26(17-22)30-28(29-24-14-11-20(3)12-15-24)31(27)18-23-9-6-8-21-7-4-5-10-25(21)23/h4-17H,1,18H2,2-3H3,(H,29,30). The zero-order chi connectivity index (χ0) is 21.4. The Hall–Kier alpha value is -3.85. The van der Waals surface area contributed by atoms with E-state index in [0.29, 0.717) is 0 Å². The summed E-state index contributed by atoms with van der Waals surface area (Å²) in [6.45, 7) is 8.95. The second-order valence-electron chi connectivity index (χ2n) is 8.13. The molecule has 0 unspecified atom stereocenters. The van der Waals surface area contributed by atoms with Gasteiger partial charge in [-0.15, -0.1) is 0 Å². The van der Waals surface area contributed by atoms with E-state index in [1.165, 1.54) is 21.9 Å². The van der Waals surface area contributed by atoms with E-state index in [9.17, 15) is 0 Å². The highest BCUT2D eigenvalue weighted by Gasteiger charge is 2.14. The molecule has 3 heteroatoms. The van der Waals surface area contributed by atoms with Gasteiger partial charge in [-0.2, -0.15) is 0 Å². The molecule has 5 rings (SSSR count). The number of rotatable bonds is 5. The van der Waals surface area contributed by atoms with Crippen molar-refractivity contribution >= 4 is 39.0 Å². The molecule has 3 nitrogen and oxygen atoms in total. The highest BCUT2D eigenvalue weighted by Crippen LogP contribution is 2.28. The predicted octanol–water partition coefficient (Wildman–Crippen LogP) is 7.32. The van der Waals surface area contributed by atoms with E-state index < -0.39 is 0 Å². The van der Waals surface area contributed by atoms with Crippen LogP contribution in [0.2, 0.25) is 0 Å². The maximum absolute atomic E-state index is 4.96. The average molecular weight is 404 g/mol. The number of nitrogens with zero attached hydrogens (tertiary/aromatic N) is 2. The molecule has 0 aliphatic heterocycles. The maximum atomic E-state index is 4.96. The number of hydrogen-bond donors (Lipinski definition) is 1. The number of hydrogen-bond acceptors (Lipinski definition) is 2. The van der Waals surface area contributed by atoms with Crippen molar-refractivity contribution in [3.05, 3.63) is 108 Å².